The quantitative estimate of drug-likeness (QED) is 0.827. The maximum absolute atomic E-state index is 11.9. The number of nitrogens with one attached hydrogen (secondary N) is 1. The van der Waals surface area contributed by atoms with Gasteiger partial charge in [0, 0.05) is 0 Å². The predicted octanol–water partition coefficient (Wildman–Crippen LogP) is 2.11. The van der Waals surface area contributed by atoms with Gasteiger partial charge in [0.15, 0.2) is 0 Å². The van der Waals surface area contributed by atoms with E-state index >= 15 is 0 Å². The van der Waals surface area contributed by atoms with Gasteiger partial charge in [0.05, 0.1) is 4.90 Å². The first-order valence-electron chi connectivity index (χ1n) is 4.81. The summed E-state index contributed by atoms with van der Waals surface area (Å²) in [4.78, 5) is 0.343. The van der Waals surface area contributed by atoms with Gasteiger partial charge in [0.1, 0.15) is 8.24 Å². The van der Waals surface area contributed by atoms with Gasteiger partial charge in [0.2, 0.25) is 10.0 Å². The maximum atomic E-state index is 11.9. The Morgan fingerprint density at radius 3 is 1.93 bits per heavy atom. The summed E-state index contributed by atoms with van der Waals surface area (Å²) in [6, 6.07) is 6.88. The van der Waals surface area contributed by atoms with Crippen molar-refractivity contribution in [2.75, 3.05) is 0 Å². The molecule has 1 rings (SSSR count). The molecule has 0 amide bonds. The van der Waals surface area contributed by atoms with Crippen LogP contribution in [-0.4, -0.2) is 16.7 Å². The van der Waals surface area contributed by atoms with Gasteiger partial charge in [-0.1, -0.05) is 37.3 Å². The van der Waals surface area contributed by atoms with E-state index in [0.29, 0.717) is 4.90 Å². The second-order valence-corrected chi connectivity index (χ2v) is 11.5. The second kappa shape index (κ2) is 4.07. The van der Waals surface area contributed by atoms with Gasteiger partial charge in [-0.25, -0.2) is 12.8 Å². The highest BCUT2D eigenvalue weighted by Gasteiger charge is 2.23. The van der Waals surface area contributed by atoms with Crippen molar-refractivity contribution in [3.63, 3.8) is 0 Å². The third-order valence-corrected chi connectivity index (χ3v) is 6.19. The Morgan fingerprint density at radius 2 is 1.53 bits per heavy atom. The van der Waals surface area contributed by atoms with Crippen molar-refractivity contribution < 1.29 is 8.42 Å². The van der Waals surface area contributed by atoms with Crippen LogP contribution in [0, 0.1) is 6.92 Å². The van der Waals surface area contributed by atoms with E-state index < -0.39 is 18.3 Å². The van der Waals surface area contributed by atoms with Crippen LogP contribution in [0.1, 0.15) is 5.56 Å². The highest BCUT2D eigenvalue weighted by Crippen LogP contribution is 2.12. The second-order valence-electron chi connectivity index (χ2n) is 4.67. The molecule has 0 radical (unpaired) electrons. The third kappa shape index (κ3) is 3.77. The molecular formula is C10H17NO2SSi. The molecule has 0 aliphatic heterocycles. The average Bonchev–Trinajstić information content (AvgIpc) is 2.00. The molecule has 15 heavy (non-hydrogen) atoms. The molecule has 1 aromatic rings. The lowest BCUT2D eigenvalue weighted by molar-refractivity contribution is 0.593. The van der Waals surface area contributed by atoms with Crippen LogP contribution in [-0.2, 0) is 10.0 Å². The first-order chi connectivity index (χ1) is 6.71. The number of hydrogen-bond acceptors (Lipinski definition) is 2. The highest BCUT2D eigenvalue weighted by atomic mass is 32.2. The molecule has 0 heterocycles. The van der Waals surface area contributed by atoms with E-state index in [0.717, 1.165) is 5.56 Å². The molecule has 0 bridgehead atoms. The van der Waals surface area contributed by atoms with Crippen LogP contribution in [0.5, 0.6) is 0 Å². The largest absolute Gasteiger partial charge is 0.234 e. The molecule has 0 saturated carbocycles. The van der Waals surface area contributed by atoms with Gasteiger partial charge in [-0.3, -0.25) is 0 Å². The molecule has 0 fully saturated rings. The molecule has 3 nitrogen and oxygen atoms in total. The van der Waals surface area contributed by atoms with Gasteiger partial charge in [-0.05, 0) is 19.1 Å². The molecular weight excluding hydrogens is 226 g/mol. The summed E-state index contributed by atoms with van der Waals surface area (Å²) in [6.45, 7) is 7.80. The van der Waals surface area contributed by atoms with E-state index in [1.54, 1.807) is 24.3 Å². The Morgan fingerprint density at radius 1 is 1.07 bits per heavy atom. The smallest absolute Gasteiger partial charge is 0.234 e. The highest BCUT2D eigenvalue weighted by molar-refractivity contribution is 7.91. The van der Waals surface area contributed by atoms with Gasteiger partial charge < -0.3 is 0 Å². The average molecular weight is 243 g/mol. The zero-order valence-electron chi connectivity index (χ0n) is 9.53. The fourth-order valence-corrected chi connectivity index (χ4v) is 5.37. The van der Waals surface area contributed by atoms with E-state index in [-0.39, 0.29) is 0 Å². The number of benzene rings is 1. The monoisotopic (exact) mass is 243 g/mol. The SMILES string of the molecule is Cc1ccc(S(=O)(=O)N[Si](C)(C)C)cc1. The van der Waals surface area contributed by atoms with E-state index in [4.69, 9.17) is 0 Å². The van der Waals surface area contributed by atoms with Crippen LogP contribution in [0.2, 0.25) is 19.6 Å². The van der Waals surface area contributed by atoms with Crippen LogP contribution in [0.4, 0.5) is 0 Å². The summed E-state index contributed by atoms with van der Waals surface area (Å²) in [5.74, 6) is 0. The summed E-state index contributed by atoms with van der Waals surface area (Å²) < 4.78 is 26.5. The maximum Gasteiger partial charge on any atom is 0.234 e. The van der Waals surface area contributed by atoms with Crippen molar-refractivity contribution in [1.29, 1.82) is 0 Å². The molecule has 0 atom stereocenters. The Hall–Kier alpha value is -0.653. The lowest BCUT2D eigenvalue weighted by atomic mass is 10.2. The van der Waals surface area contributed by atoms with Crippen molar-refractivity contribution >= 4 is 18.3 Å². The number of aryl methyl sites for hydroxylation is 1. The first-order valence-corrected chi connectivity index (χ1v) is 9.80. The van der Waals surface area contributed by atoms with Crippen LogP contribution in [0.3, 0.4) is 0 Å². The van der Waals surface area contributed by atoms with Crippen molar-refractivity contribution in [2.24, 2.45) is 0 Å². The fraction of sp³-hybridized carbons (Fsp3) is 0.400. The number of rotatable bonds is 3. The third-order valence-electron chi connectivity index (χ3n) is 1.77. The summed E-state index contributed by atoms with van der Waals surface area (Å²) in [6.07, 6.45) is 0. The van der Waals surface area contributed by atoms with E-state index in [1.807, 2.05) is 26.6 Å². The molecule has 1 aromatic carbocycles. The summed E-state index contributed by atoms with van der Waals surface area (Å²) in [5, 5.41) is 0. The Balaban J connectivity index is 3.02. The number of sulfonamides is 1. The zero-order chi connectivity index (χ0) is 11.7. The minimum absolute atomic E-state index is 0.343. The lowest BCUT2D eigenvalue weighted by Gasteiger charge is -2.18. The van der Waals surface area contributed by atoms with E-state index in [1.165, 1.54) is 0 Å². The van der Waals surface area contributed by atoms with Crippen molar-refractivity contribution in [3.05, 3.63) is 29.8 Å². The molecule has 0 aliphatic carbocycles. The molecule has 0 spiro atoms. The van der Waals surface area contributed by atoms with Crippen LogP contribution in [0.25, 0.3) is 0 Å². The Labute approximate surface area is 92.7 Å². The summed E-state index contributed by atoms with van der Waals surface area (Å²) in [5.41, 5.74) is 1.06. The van der Waals surface area contributed by atoms with Crippen molar-refractivity contribution in [1.82, 2.24) is 4.39 Å². The molecule has 5 heteroatoms. The van der Waals surface area contributed by atoms with Crippen LogP contribution < -0.4 is 4.39 Å². The molecule has 0 aliphatic rings. The van der Waals surface area contributed by atoms with Gasteiger partial charge >= 0.3 is 0 Å². The Bertz CT molecular complexity index is 431. The zero-order valence-corrected chi connectivity index (χ0v) is 11.4. The minimum atomic E-state index is -3.32. The fourth-order valence-electron chi connectivity index (χ4n) is 1.18. The lowest BCUT2D eigenvalue weighted by Crippen LogP contribution is -2.45. The van der Waals surface area contributed by atoms with Crippen LogP contribution in [0.15, 0.2) is 29.2 Å². The van der Waals surface area contributed by atoms with E-state index in [9.17, 15) is 8.42 Å². The Kier molecular flexibility index (Phi) is 3.37. The topological polar surface area (TPSA) is 46.2 Å². The normalized spacial score (nSPS) is 12.8. The van der Waals surface area contributed by atoms with Gasteiger partial charge in [-0.2, -0.15) is 0 Å². The molecule has 1 N–H and O–H groups in total. The van der Waals surface area contributed by atoms with Crippen LogP contribution >= 0.6 is 0 Å². The number of hydrogen-bond donors (Lipinski definition) is 1. The van der Waals surface area contributed by atoms with Gasteiger partial charge in [-0.15, -0.1) is 0 Å². The van der Waals surface area contributed by atoms with Crippen molar-refractivity contribution in [2.45, 2.75) is 31.5 Å². The molecule has 0 aromatic heterocycles. The standard InChI is InChI=1S/C10H17NO2SSi/c1-9-5-7-10(8-6-9)14(12,13)11-15(2,3)4/h5-8,11H,1-4H3. The van der Waals surface area contributed by atoms with E-state index in [2.05, 4.69) is 4.39 Å². The predicted molar refractivity (Wildman–Crippen MR) is 64.8 cm³/mol. The minimum Gasteiger partial charge on any atom is -0.234 e. The van der Waals surface area contributed by atoms with Gasteiger partial charge in [0.25, 0.3) is 0 Å². The van der Waals surface area contributed by atoms with Crippen molar-refractivity contribution in [3.8, 4) is 0 Å². The summed E-state index contributed by atoms with van der Waals surface area (Å²) >= 11 is 0. The first kappa shape index (κ1) is 12.4. The molecule has 84 valence electrons. The molecule has 0 unspecified atom stereocenters. The summed E-state index contributed by atoms with van der Waals surface area (Å²) in [7, 11) is -5.15. The molecule has 0 saturated heterocycles.